The maximum Gasteiger partial charge on any atom is 0.305 e. The van der Waals surface area contributed by atoms with Crippen molar-refractivity contribution in [1.82, 2.24) is 5.32 Å². The van der Waals surface area contributed by atoms with Crippen molar-refractivity contribution < 1.29 is 24.5 Å². The number of carbonyl (C=O) groups excluding carboxylic acids is 2. The fraction of sp³-hybridized carbons (Fsp3) is 0.904. The molecule has 6 nitrogen and oxygen atoms in total. The zero-order chi connectivity index (χ0) is 64.2. The SMILES string of the molecule is CCCCCCCC/C=C\CCCCCCCCCCCC(=O)OCCCCCCCCCCCCC/C=C\C/C=C\CCCCCCCCCCCCCCCCCCCC(=O)NC(CO)C(O)CCCCCCCCCCCCCCCCCCCC. The maximum absolute atomic E-state index is 12.5. The van der Waals surface area contributed by atoms with Crippen molar-refractivity contribution in [2.24, 2.45) is 0 Å². The average molecular weight is 1250 g/mol. The molecule has 0 aliphatic rings. The van der Waals surface area contributed by atoms with E-state index in [0.29, 0.717) is 25.9 Å². The Labute approximate surface area is 557 Å². The number of esters is 1. The van der Waals surface area contributed by atoms with Gasteiger partial charge < -0.3 is 20.3 Å². The monoisotopic (exact) mass is 1250 g/mol. The van der Waals surface area contributed by atoms with Gasteiger partial charge in [0.2, 0.25) is 5.91 Å². The van der Waals surface area contributed by atoms with E-state index in [4.69, 9.17) is 4.74 Å². The Morgan fingerprint density at radius 1 is 0.315 bits per heavy atom. The van der Waals surface area contributed by atoms with Crippen molar-refractivity contribution >= 4 is 11.9 Å². The molecule has 0 rings (SSSR count). The number of amides is 1. The third kappa shape index (κ3) is 75.0. The first-order valence-electron chi connectivity index (χ1n) is 40.7. The number of unbranched alkanes of at least 4 members (excludes halogenated alkanes) is 60. The number of allylic oxidation sites excluding steroid dienone is 6. The molecule has 0 bridgehead atoms. The highest BCUT2D eigenvalue weighted by molar-refractivity contribution is 5.76. The molecule has 0 saturated heterocycles. The number of aliphatic hydroxyl groups is 2. The molecular weight excluding hydrogens is 1090 g/mol. The molecule has 0 aromatic heterocycles. The Hall–Kier alpha value is -1.92. The lowest BCUT2D eigenvalue weighted by Crippen LogP contribution is -2.45. The lowest BCUT2D eigenvalue weighted by atomic mass is 10.0. The quantitative estimate of drug-likeness (QED) is 0.0320. The van der Waals surface area contributed by atoms with Crippen molar-refractivity contribution in [2.45, 2.75) is 469 Å². The van der Waals surface area contributed by atoms with Crippen LogP contribution < -0.4 is 5.32 Å². The molecule has 2 atom stereocenters. The van der Waals surface area contributed by atoms with Crippen LogP contribution in [-0.2, 0) is 14.3 Å². The first kappa shape index (κ1) is 87.1. The van der Waals surface area contributed by atoms with Gasteiger partial charge in [-0.2, -0.15) is 0 Å². The van der Waals surface area contributed by atoms with Crippen molar-refractivity contribution in [3.8, 4) is 0 Å². The molecule has 526 valence electrons. The van der Waals surface area contributed by atoms with Crippen LogP contribution in [0.4, 0.5) is 0 Å². The van der Waals surface area contributed by atoms with Crippen LogP contribution in [0.2, 0.25) is 0 Å². The van der Waals surface area contributed by atoms with E-state index in [1.807, 2.05) is 0 Å². The van der Waals surface area contributed by atoms with E-state index in [2.05, 4.69) is 55.6 Å². The van der Waals surface area contributed by atoms with E-state index < -0.39 is 12.1 Å². The van der Waals surface area contributed by atoms with Gasteiger partial charge in [0.15, 0.2) is 0 Å². The maximum atomic E-state index is 12.5. The highest BCUT2D eigenvalue weighted by Gasteiger charge is 2.20. The van der Waals surface area contributed by atoms with E-state index in [1.165, 1.54) is 379 Å². The number of hydrogen-bond donors (Lipinski definition) is 3. The molecule has 89 heavy (non-hydrogen) atoms. The van der Waals surface area contributed by atoms with Crippen LogP contribution in [-0.4, -0.2) is 47.4 Å². The first-order chi connectivity index (χ1) is 44.0. The summed E-state index contributed by atoms with van der Waals surface area (Å²) in [5, 5.41) is 23.4. The van der Waals surface area contributed by atoms with Crippen LogP contribution in [0.3, 0.4) is 0 Å². The fourth-order valence-corrected chi connectivity index (χ4v) is 13.0. The largest absolute Gasteiger partial charge is 0.466 e. The summed E-state index contributed by atoms with van der Waals surface area (Å²) >= 11 is 0. The second kappa shape index (κ2) is 78.5. The van der Waals surface area contributed by atoms with Gasteiger partial charge in [-0.05, 0) is 83.5 Å². The molecule has 0 aliphatic carbocycles. The van der Waals surface area contributed by atoms with E-state index in [9.17, 15) is 19.8 Å². The molecule has 0 aromatic carbocycles. The van der Waals surface area contributed by atoms with Crippen molar-refractivity contribution in [3.63, 3.8) is 0 Å². The van der Waals surface area contributed by atoms with Crippen molar-refractivity contribution in [1.29, 1.82) is 0 Å². The summed E-state index contributed by atoms with van der Waals surface area (Å²) in [6, 6.07) is -0.540. The number of ether oxygens (including phenoxy) is 1. The fourth-order valence-electron chi connectivity index (χ4n) is 13.0. The standard InChI is InChI=1S/C83H159NO5/c1-3-5-7-9-11-13-15-17-19-21-40-45-49-53-57-61-65-69-73-77-83(88)89-78-74-70-66-62-58-54-50-46-42-39-37-35-33-31-29-27-25-23-24-26-28-30-32-34-36-38-41-44-48-52-56-60-64-68-72-76-82(87)84-80(79-85)81(86)75-71-67-63-59-55-51-47-43-22-20-18-16-14-12-10-8-6-4-2/h17,19,25,27,31,33,80-81,85-86H,3-16,18,20-24,26,28-30,32,34-79H2,1-2H3,(H,84,87)/b19-17-,27-25-,33-31-. The Morgan fingerprint density at radius 2 is 0.562 bits per heavy atom. The number of aliphatic hydroxyl groups excluding tert-OH is 2. The molecule has 0 radical (unpaired) electrons. The van der Waals surface area contributed by atoms with Crippen LogP contribution in [0.25, 0.3) is 0 Å². The molecule has 1 amide bonds. The Balaban J connectivity index is 3.36. The highest BCUT2D eigenvalue weighted by Crippen LogP contribution is 2.20. The summed E-state index contributed by atoms with van der Waals surface area (Å²) in [6.45, 7) is 5.00. The molecule has 0 spiro atoms. The van der Waals surface area contributed by atoms with Crippen molar-refractivity contribution in [2.75, 3.05) is 13.2 Å². The zero-order valence-corrected chi connectivity index (χ0v) is 60.4. The van der Waals surface area contributed by atoms with Gasteiger partial charge in [0.05, 0.1) is 25.4 Å². The molecule has 2 unspecified atom stereocenters. The van der Waals surface area contributed by atoms with Crippen LogP contribution >= 0.6 is 0 Å². The Kier molecular flexibility index (Phi) is 76.8. The summed E-state index contributed by atoms with van der Waals surface area (Å²) in [5.74, 6) is -0.0111. The molecular formula is C83H159NO5. The third-order valence-electron chi connectivity index (χ3n) is 19.2. The molecule has 0 aromatic rings. The van der Waals surface area contributed by atoms with E-state index >= 15 is 0 Å². The van der Waals surface area contributed by atoms with Gasteiger partial charge in [-0.3, -0.25) is 9.59 Å². The second-order valence-electron chi connectivity index (χ2n) is 28.1. The molecule has 0 heterocycles. The average Bonchev–Trinajstić information content (AvgIpc) is 3.63. The van der Waals surface area contributed by atoms with E-state index in [-0.39, 0.29) is 18.5 Å². The lowest BCUT2D eigenvalue weighted by molar-refractivity contribution is -0.143. The summed E-state index contributed by atoms with van der Waals surface area (Å²) in [4.78, 5) is 24.7. The Morgan fingerprint density at radius 3 is 0.865 bits per heavy atom. The van der Waals surface area contributed by atoms with Gasteiger partial charge in [0.25, 0.3) is 0 Å². The summed E-state index contributed by atoms with van der Waals surface area (Å²) in [7, 11) is 0. The predicted molar refractivity (Wildman–Crippen MR) is 393 cm³/mol. The van der Waals surface area contributed by atoms with Crippen molar-refractivity contribution in [3.05, 3.63) is 36.5 Å². The van der Waals surface area contributed by atoms with Crippen LogP contribution in [0.5, 0.6) is 0 Å². The van der Waals surface area contributed by atoms with Crippen LogP contribution in [0.15, 0.2) is 36.5 Å². The summed E-state index contributed by atoms with van der Waals surface area (Å²) in [6.07, 6.45) is 102. The van der Waals surface area contributed by atoms with E-state index in [0.717, 1.165) is 44.9 Å². The topological polar surface area (TPSA) is 95.9 Å². The zero-order valence-electron chi connectivity index (χ0n) is 60.4. The second-order valence-corrected chi connectivity index (χ2v) is 28.1. The number of rotatable bonds is 77. The summed E-state index contributed by atoms with van der Waals surface area (Å²) < 4.78 is 5.51. The minimum atomic E-state index is -0.663. The van der Waals surface area contributed by atoms with E-state index in [1.54, 1.807) is 0 Å². The van der Waals surface area contributed by atoms with Crippen LogP contribution in [0, 0.1) is 0 Å². The Bertz CT molecular complexity index is 1440. The lowest BCUT2D eigenvalue weighted by Gasteiger charge is -2.22. The molecule has 3 N–H and O–H groups in total. The van der Waals surface area contributed by atoms with Gasteiger partial charge in [-0.1, -0.05) is 397 Å². The minimum absolute atomic E-state index is 0.0172. The summed E-state index contributed by atoms with van der Waals surface area (Å²) in [5.41, 5.74) is 0. The number of carbonyl (C=O) groups is 2. The minimum Gasteiger partial charge on any atom is -0.466 e. The highest BCUT2D eigenvalue weighted by atomic mass is 16.5. The molecule has 6 heteroatoms. The first-order valence-corrected chi connectivity index (χ1v) is 40.7. The third-order valence-corrected chi connectivity index (χ3v) is 19.2. The molecule has 0 fully saturated rings. The predicted octanol–water partition coefficient (Wildman–Crippen LogP) is 27.0. The van der Waals surface area contributed by atoms with Crippen LogP contribution in [0.1, 0.15) is 457 Å². The number of hydrogen-bond acceptors (Lipinski definition) is 5. The number of nitrogens with one attached hydrogen (secondary N) is 1. The van der Waals surface area contributed by atoms with Gasteiger partial charge in [0, 0.05) is 12.8 Å². The molecule has 0 saturated carbocycles. The smallest absolute Gasteiger partial charge is 0.305 e. The normalized spacial score (nSPS) is 12.6. The van der Waals surface area contributed by atoms with Gasteiger partial charge >= 0.3 is 5.97 Å². The molecule has 0 aliphatic heterocycles. The van der Waals surface area contributed by atoms with Gasteiger partial charge in [-0.25, -0.2) is 0 Å². The van der Waals surface area contributed by atoms with Gasteiger partial charge in [0.1, 0.15) is 0 Å². The van der Waals surface area contributed by atoms with Gasteiger partial charge in [-0.15, -0.1) is 0 Å².